The number of aryl methyl sites for hydroxylation is 1. The van der Waals surface area contributed by atoms with Crippen molar-refractivity contribution >= 4 is 46.8 Å². The Bertz CT molecular complexity index is 1580. The molecule has 0 saturated carbocycles. The Kier molecular flexibility index (Phi) is 14.5. The maximum Gasteiger partial charge on any atom is 0.328 e. The van der Waals surface area contributed by atoms with Crippen LogP contribution < -0.4 is 16.0 Å². The Morgan fingerprint density at radius 3 is 2.56 bits per heavy atom. The van der Waals surface area contributed by atoms with Gasteiger partial charge in [-0.1, -0.05) is 55.5 Å². The Balaban J connectivity index is 1.58. The molecule has 2 bridgehead atoms. The number of hydrogen-bond donors (Lipinski definition) is 5. The van der Waals surface area contributed by atoms with Crippen LogP contribution in [0.3, 0.4) is 0 Å². The number of thioether (sulfide) groups is 1. The van der Waals surface area contributed by atoms with Gasteiger partial charge in [0.15, 0.2) is 0 Å². The summed E-state index contributed by atoms with van der Waals surface area (Å²) in [5, 5.41) is 31.1. The Morgan fingerprint density at radius 2 is 1.82 bits per heavy atom. The summed E-state index contributed by atoms with van der Waals surface area (Å²) in [7, 11) is 1.50. The predicted octanol–water partition coefficient (Wildman–Crippen LogP) is 5.65. The number of nitrogens with one attached hydrogen (secondary N) is 3. The quantitative estimate of drug-likeness (QED) is 0.113. The summed E-state index contributed by atoms with van der Waals surface area (Å²) in [6.45, 7) is 5.20. The average Bonchev–Trinajstić information content (AvgIpc) is 3.10. The van der Waals surface area contributed by atoms with E-state index in [1.165, 1.54) is 18.9 Å². The number of carbonyl (C=O) groups excluding carboxylic acids is 4. The van der Waals surface area contributed by atoms with E-state index in [0.717, 1.165) is 19.3 Å². The summed E-state index contributed by atoms with van der Waals surface area (Å²) in [6, 6.07) is 0.833. The number of aromatic hydroxyl groups is 1. The van der Waals surface area contributed by atoms with Gasteiger partial charge in [-0.3, -0.25) is 14.4 Å². The second kappa shape index (κ2) is 18.7. The molecule has 4 rings (SSSR count). The van der Waals surface area contributed by atoms with Crippen molar-refractivity contribution < 1.29 is 38.9 Å². The molecule has 0 aromatic heterocycles. The van der Waals surface area contributed by atoms with Crippen LogP contribution in [0.15, 0.2) is 70.7 Å². The van der Waals surface area contributed by atoms with E-state index in [4.69, 9.17) is 9.47 Å². The highest BCUT2D eigenvalue weighted by molar-refractivity contribution is 8.00. The summed E-state index contributed by atoms with van der Waals surface area (Å²) < 4.78 is 11.4. The van der Waals surface area contributed by atoms with E-state index in [-0.39, 0.29) is 41.3 Å². The zero-order chi connectivity index (χ0) is 36.2. The number of anilines is 2. The normalized spacial score (nSPS) is 27.3. The third kappa shape index (κ3) is 10.7. The topological polar surface area (TPSA) is 163 Å². The van der Waals surface area contributed by atoms with Gasteiger partial charge in [0.1, 0.15) is 17.9 Å². The molecule has 0 radical (unpaired) electrons. The summed E-state index contributed by atoms with van der Waals surface area (Å²) >= 11 is 1.24. The molecule has 3 amide bonds. The number of benzene rings is 1. The summed E-state index contributed by atoms with van der Waals surface area (Å²) in [5.41, 5.74) is 2.61. The summed E-state index contributed by atoms with van der Waals surface area (Å²) in [5.74, 6) is -1.83. The lowest BCUT2D eigenvalue weighted by molar-refractivity contribution is -0.156. The van der Waals surface area contributed by atoms with Gasteiger partial charge in [-0.2, -0.15) is 0 Å². The molecule has 0 spiro atoms. The first-order valence-corrected chi connectivity index (χ1v) is 18.2. The van der Waals surface area contributed by atoms with Crippen molar-refractivity contribution in [1.82, 2.24) is 5.32 Å². The highest BCUT2D eigenvalue weighted by Crippen LogP contribution is 2.45. The van der Waals surface area contributed by atoms with Crippen molar-refractivity contribution in [2.75, 3.05) is 23.5 Å². The minimum Gasteiger partial charge on any atom is -0.505 e. The van der Waals surface area contributed by atoms with Gasteiger partial charge in [-0.25, -0.2) is 4.79 Å². The smallest absolute Gasteiger partial charge is 0.328 e. The molecule has 2 aliphatic heterocycles. The molecule has 2 heterocycles. The fourth-order valence-electron chi connectivity index (χ4n) is 6.00. The number of phenolic OH excluding ortho intramolecular Hbond substituents is 1. The Morgan fingerprint density at radius 1 is 1.04 bits per heavy atom. The number of fused-ring (bicyclic) bond motifs is 4. The maximum atomic E-state index is 13.2. The number of phenols is 1. The van der Waals surface area contributed by atoms with Crippen LogP contribution in [-0.2, 0) is 35.1 Å². The number of methoxy groups -OCH3 is 1. The zero-order valence-corrected chi connectivity index (χ0v) is 30.0. The molecule has 50 heavy (non-hydrogen) atoms. The van der Waals surface area contributed by atoms with E-state index in [2.05, 4.69) is 16.0 Å². The number of hydrogen-bond acceptors (Lipinski definition) is 9. The minimum absolute atomic E-state index is 0.00657. The molecule has 0 unspecified atom stereocenters. The number of ether oxygens (including phenoxy) is 2. The molecule has 5 atom stereocenters. The third-order valence-electron chi connectivity index (χ3n) is 9.05. The molecule has 1 aromatic carbocycles. The van der Waals surface area contributed by atoms with Crippen molar-refractivity contribution in [3.63, 3.8) is 0 Å². The van der Waals surface area contributed by atoms with Gasteiger partial charge in [0, 0.05) is 25.0 Å². The van der Waals surface area contributed by atoms with Gasteiger partial charge < -0.3 is 35.6 Å². The van der Waals surface area contributed by atoms with Gasteiger partial charge in [0.05, 0.1) is 40.7 Å². The first kappa shape index (κ1) is 38.7. The fraction of sp³-hybridized carbons (Fsp3) is 0.474. The van der Waals surface area contributed by atoms with Crippen LogP contribution in [0.1, 0.15) is 71.3 Å². The van der Waals surface area contributed by atoms with Crippen LogP contribution in [0.5, 0.6) is 5.75 Å². The van der Waals surface area contributed by atoms with Crippen LogP contribution in [-0.4, -0.2) is 71.1 Å². The van der Waals surface area contributed by atoms with Gasteiger partial charge >= 0.3 is 5.97 Å². The van der Waals surface area contributed by atoms with Crippen molar-refractivity contribution in [3.8, 4) is 5.75 Å². The zero-order valence-electron chi connectivity index (χ0n) is 29.2. The highest BCUT2D eigenvalue weighted by Gasteiger charge is 2.31. The van der Waals surface area contributed by atoms with Crippen LogP contribution in [0.2, 0.25) is 0 Å². The molecular weight excluding hydrogens is 658 g/mol. The Hall–Kier alpha value is -4.13. The standard InChI is InChI=1S/C38H49N3O8S/c1-23-14-13-17-27-20-29-36(50-22-32(43)40-29)33(35(27)45)41-31(42)21-28(48-4)18-11-6-5-7-12-19-30(24(2)34(23)44)49-38(47)25(3)39-37(46)26-15-9-8-10-16-26/h5-7,11-12,14-15,18,20,24-25,28,30,34,44-45H,8-10,13,16-17,19,21-22H2,1-4H3,(H,39,46)(H,40,43)(H,41,42)/b6-5+,12-7+,18-11+,23-14-/t24-,25+,28-,30-,34-/m0/s1. The third-order valence-corrected chi connectivity index (χ3v) is 10.2. The maximum absolute atomic E-state index is 13.2. The Labute approximate surface area is 298 Å². The monoisotopic (exact) mass is 707 g/mol. The SMILES string of the molecule is CO[C@H]1/C=C/C=C/C=C/C[C@H](OC(=O)[C@@H](C)NC(=O)C2=CCCCC2)[C@H](C)[C@@H](O)/C(C)=C\CCc2cc3c(c(c2O)NC(=O)C1)SCC(=O)N3. The summed E-state index contributed by atoms with van der Waals surface area (Å²) in [6.07, 6.45) is 16.9. The number of esters is 1. The van der Waals surface area contributed by atoms with Crippen LogP contribution in [0.4, 0.5) is 11.4 Å². The molecule has 270 valence electrons. The van der Waals surface area contributed by atoms with E-state index in [1.807, 2.05) is 25.2 Å². The van der Waals surface area contributed by atoms with E-state index in [1.54, 1.807) is 50.3 Å². The molecule has 0 saturated heterocycles. The largest absolute Gasteiger partial charge is 0.505 e. The average molecular weight is 708 g/mol. The number of allylic oxidation sites excluding steroid dienone is 6. The molecule has 3 aliphatic rings. The van der Waals surface area contributed by atoms with E-state index in [0.29, 0.717) is 53.0 Å². The fourth-order valence-corrected chi connectivity index (χ4v) is 6.91. The summed E-state index contributed by atoms with van der Waals surface area (Å²) in [4.78, 5) is 51.8. The van der Waals surface area contributed by atoms with Crippen LogP contribution >= 0.6 is 11.8 Å². The number of rotatable bonds is 5. The van der Waals surface area contributed by atoms with Gasteiger partial charge in [0.2, 0.25) is 17.7 Å². The highest BCUT2D eigenvalue weighted by atomic mass is 32.2. The number of aliphatic hydroxyl groups excluding tert-OH is 1. The van der Waals surface area contributed by atoms with E-state index < -0.39 is 36.2 Å². The van der Waals surface area contributed by atoms with Crippen molar-refractivity contribution in [1.29, 1.82) is 0 Å². The van der Waals surface area contributed by atoms with Gasteiger partial charge in [-0.05, 0) is 69.6 Å². The first-order valence-electron chi connectivity index (χ1n) is 17.2. The molecule has 11 nitrogen and oxygen atoms in total. The van der Waals surface area contributed by atoms with E-state index >= 15 is 0 Å². The number of amides is 3. The lowest BCUT2D eigenvalue weighted by Gasteiger charge is -2.29. The molecular formula is C38H49N3O8S. The molecule has 12 heteroatoms. The van der Waals surface area contributed by atoms with Gasteiger partial charge in [0.25, 0.3) is 0 Å². The van der Waals surface area contributed by atoms with Crippen molar-refractivity contribution in [2.45, 2.75) is 101 Å². The molecule has 1 aliphatic carbocycles. The second-order valence-corrected chi connectivity index (χ2v) is 13.9. The van der Waals surface area contributed by atoms with Crippen molar-refractivity contribution in [3.05, 3.63) is 71.4 Å². The first-order chi connectivity index (χ1) is 24.0. The van der Waals surface area contributed by atoms with Crippen molar-refractivity contribution in [2.24, 2.45) is 5.92 Å². The van der Waals surface area contributed by atoms with Crippen LogP contribution in [0, 0.1) is 5.92 Å². The lowest BCUT2D eigenvalue weighted by Crippen LogP contribution is -2.43. The number of aliphatic hydroxyl groups is 1. The van der Waals surface area contributed by atoms with Gasteiger partial charge in [-0.15, -0.1) is 11.8 Å². The van der Waals surface area contributed by atoms with E-state index in [9.17, 15) is 29.4 Å². The second-order valence-electron chi connectivity index (χ2n) is 12.9. The molecule has 0 fully saturated rings. The lowest BCUT2D eigenvalue weighted by atomic mass is 9.90. The molecule has 5 N–H and O–H groups in total. The predicted molar refractivity (Wildman–Crippen MR) is 195 cm³/mol. The minimum atomic E-state index is -0.959. The molecule has 1 aromatic rings. The number of carbonyl (C=O) groups is 4. The van der Waals surface area contributed by atoms with Crippen LogP contribution in [0.25, 0.3) is 0 Å².